The maximum atomic E-state index is 12.0. The average molecular weight is 286 g/mol. The Hall–Kier alpha value is -0.420. The van der Waals surface area contributed by atoms with Crippen LogP contribution in [0.25, 0.3) is 0 Å². The van der Waals surface area contributed by atoms with Gasteiger partial charge in [-0.3, -0.25) is 0 Å². The number of hydrogen-bond donors (Lipinski definition) is 2. The van der Waals surface area contributed by atoms with Crippen LogP contribution in [0.3, 0.4) is 0 Å². The summed E-state index contributed by atoms with van der Waals surface area (Å²) in [5.41, 5.74) is 0. The van der Waals surface area contributed by atoms with Gasteiger partial charge in [0, 0.05) is 31.3 Å². The van der Waals surface area contributed by atoms with Crippen molar-refractivity contribution in [2.75, 3.05) is 25.9 Å². The maximum Gasteiger partial charge on any atom is 0.317 e. The second-order valence-corrected chi connectivity index (χ2v) is 7.22. The van der Waals surface area contributed by atoms with Gasteiger partial charge in [-0.15, -0.1) is 0 Å². The molecule has 0 bridgehead atoms. The van der Waals surface area contributed by atoms with E-state index in [1.807, 2.05) is 18.8 Å². The summed E-state index contributed by atoms with van der Waals surface area (Å²) in [5.74, 6) is 1.48. The Bertz CT molecular complexity index is 295. The van der Waals surface area contributed by atoms with Crippen LogP contribution in [-0.4, -0.2) is 53.3 Å². The molecule has 1 aliphatic carbocycles. The van der Waals surface area contributed by atoms with Crippen molar-refractivity contribution >= 4 is 17.8 Å². The van der Waals surface area contributed by atoms with Crippen LogP contribution in [0.15, 0.2) is 0 Å². The molecule has 0 aromatic rings. The molecule has 2 N–H and O–H groups in total. The molecule has 1 saturated heterocycles. The highest BCUT2D eigenvalue weighted by Crippen LogP contribution is 2.26. The molecule has 0 aromatic heterocycles. The molecule has 2 aliphatic rings. The topological polar surface area (TPSA) is 52.6 Å². The third-order valence-electron chi connectivity index (χ3n) is 4.23. The third-order valence-corrected chi connectivity index (χ3v) is 5.63. The lowest BCUT2D eigenvalue weighted by Gasteiger charge is -2.31. The lowest BCUT2D eigenvalue weighted by molar-refractivity contribution is 0.0565. The first-order chi connectivity index (χ1) is 9.16. The van der Waals surface area contributed by atoms with E-state index in [-0.39, 0.29) is 18.1 Å². The van der Waals surface area contributed by atoms with Gasteiger partial charge in [0.1, 0.15) is 0 Å². The van der Waals surface area contributed by atoms with E-state index in [4.69, 9.17) is 0 Å². The summed E-state index contributed by atoms with van der Waals surface area (Å²) in [7, 11) is 1.83. The number of carbonyl (C=O) groups excluding carboxylic acids is 1. The van der Waals surface area contributed by atoms with E-state index in [1.165, 1.54) is 25.0 Å². The van der Waals surface area contributed by atoms with Gasteiger partial charge in [-0.1, -0.05) is 12.8 Å². The summed E-state index contributed by atoms with van der Waals surface area (Å²) in [6.45, 7) is 1.45. The van der Waals surface area contributed by atoms with Crippen LogP contribution in [0.2, 0.25) is 0 Å². The summed E-state index contributed by atoms with van der Waals surface area (Å²) in [5, 5.41) is 13.5. The number of aliphatic hydroxyl groups is 1. The zero-order valence-corrected chi connectivity index (χ0v) is 12.6. The Morgan fingerprint density at radius 1 is 1.32 bits per heavy atom. The Morgan fingerprint density at radius 2 is 2.11 bits per heavy atom. The van der Waals surface area contributed by atoms with E-state index in [2.05, 4.69) is 5.32 Å². The molecular formula is C14H26N2O2S. The van der Waals surface area contributed by atoms with Crippen LogP contribution < -0.4 is 5.32 Å². The monoisotopic (exact) mass is 286 g/mol. The van der Waals surface area contributed by atoms with Gasteiger partial charge in [0.2, 0.25) is 0 Å². The molecule has 3 unspecified atom stereocenters. The SMILES string of the molecule is CN(CC1CCCCC1O)C(=O)NCC1CCCS1. The van der Waals surface area contributed by atoms with E-state index in [0.29, 0.717) is 11.8 Å². The average Bonchev–Trinajstić information content (AvgIpc) is 2.91. The number of nitrogens with zero attached hydrogens (tertiary/aromatic N) is 1. The van der Waals surface area contributed by atoms with Crippen molar-refractivity contribution in [2.24, 2.45) is 5.92 Å². The minimum Gasteiger partial charge on any atom is -0.393 e. The van der Waals surface area contributed by atoms with Gasteiger partial charge >= 0.3 is 6.03 Å². The number of urea groups is 1. The zero-order chi connectivity index (χ0) is 13.7. The third kappa shape index (κ3) is 4.56. The molecule has 0 spiro atoms. The van der Waals surface area contributed by atoms with E-state index < -0.39 is 0 Å². The molecule has 5 heteroatoms. The molecule has 2 rings (SSSR count). The maximum absolute atomic E-state index is 12.0. The molecular weight excluding hydrogens is 260 g/mol. The molecule has 110 valence electrons. The number of thioether (sulfide) groups is 1. The molecule has 2 amide bonds. The largest absolute Gasteiger partial charge is 0.393 e. The molecule has 2 fully saturated rings. The van der Waals surface area contributed by atoms with Gasteiger partial charge < -0.3 is 15.3 Å². The van der Waals surface area contributed by atoms with Crippen LogP contribution in [0.1, 0.15) is 38.5 Å². The number of amides is 2. The second-order valence-electron chi connectivity index (χ2n) is 5.81. The van der Waals surface area contributed by atoms with Crippen molar-refractivity contribution in [3.63, 3.8) is 0 Å². The molecule has 0 aromatic carbocycles. The Balaban J connectivity index is 1.68. The van der Waals surface area contributed by atoms with E-state index in [1.54, 1.807) is 4.90 Å². The van der Waals surface area contributed by atoms with Crippen molar-refractivity contribution in [2.45, 2.75) is 49.9 Å². The van der Waals surface area contributed by atoms with E-state index >= 15 is 0 Å². The number of carbonyl (C=O) groups is 1. The summed E-state index contributed by atoms with van der Waals surface area (Å²) in [6, 6.07) is 0.00488. The van der Waals surface area contributed by atoms with Crippen LogP contribution in [0.4, 0.5) is 4.79 Å². The lowest BCUT2D eigenvalue weighted by Crippen LogP contribution is -2.44. The highest BCUT2D eigenvalue weighted by Gasteiger charge is 2.26. The molecule has 1 aliphatic heterocycles. The standard InChI is InChI=1S/C14H26N2O2S/c1-16(10-11-5-2-3-7-13(11)17)14(18)15-9-12-6-4-8-19-12/h11-13,17H,2-10H2,1H3,(H,15,18). The molecule has 1 saturated carbocycles. The van der Waals surface area contributed by atoms with Crippen molar-refractivity contribution in [1.82, 2.24) is 10.2 Å². The summed E-state index contributed by atoms with van der Waals surface area (Å²) >= 11 is 1.96. The molecule has 4 nitrogen and oxygen atoms in total. The predicted octanol–water partition coefficient (Wildman–Crippen LogP) is 2.07. The van der Waals surface area contributed by atoms with Gasteiger partial charge in [-0.05, 0) is 31.4 Å². The van der Waals surface area contributed by atoms with Gasteiger partial charge in [0.15, 0.2) is 0 Å². The Morgan fingerprint density at radius 3 is 2.79 bits per heavy atom. The van der Waals surface area contributed by atoms with Crippen LogP contribution in [0, 0.1) is 5.92 Å². The Kier molecular flexibility index (Phi) is 5.82. The molecule has 1 heterocycles. The van der Waals surface area contributed by atoms with Gasteiger partial charge in [0.05, 0.1) is 6.10 Å². The van der Waals surface area contributed by atoms with Crippen LogP contribution in [-0.2, 0) is 0 Å². The summed E-state index contributed by atoms with van der Waals surface area (Å²) < 4.78 is 0. The van der Waals surface area contributed by atoms with Crippen LogP contribution >= 0.6 is 11.8 Å². The fraction of sp³-hybridized carbons (Fsp3) is 0.929. The highest BCUT2D eigenvalue weighted by molar-refractivity contribution is 8.00. The Labute approximate surface area is 120 Å². The first kappa shape index (κ1) is 15.0. The normalized spacial score (nSPS) is 31.2. The molecule has 19 heavy (non-hydrogen) atoms. The van der Waals surface area contributed by atoms with Crippen molar-refractivity contribution in [3.05, 3.63) is 0 Å². The molecule has 0 radical (unpaired) electrons. The van der Waals surface area contributed by atoms with E-state index in [9.17, 15) is 9.90 Å². The number of rotatable bonds is 4. The van der Waals surface area contributed by atoms with E-state index in [0.717, 1.165) is 25.8 Å². The fourth-order valence-electron chi connectivity index (χ4n) is 2.98. The quantitative estimate of drug-likeness (QED) is 0.832. The minimum absolute atomic E-state index is 0.00488. The second kappa shape index (κ2) is 7.39. The fourth-order valence-corrected chi connectivity index (χ4v) is 4.18. The first-order valence-corrected chi connectivity index (χ1v) is 8.50. The summed E-state index contributed by atoms with van der Waals surface area (Å²) in [6.07, 6.45) is 6.48. The van der Waals surface area contributed by atoms with Crippen molar-refractivity contribution < 1.29 is 9.90 Å². The lowest BCUT2D eigenvalue weighted by atomic mass is 9.86. The van der Waals surface area contributed by atoms with Gasteiger partial charge in [-0.2, -0.15) is 11.8 Å². The number of hydrogen-bond acceptors (Lipinski definition) is 3. The van der Waals surface area contributed by atoms with Crippen LogP contribution in [0.5, 0.6) is 0 Å². The predicted molar refractivity (Wildman–Crippen MR) is 79.5 cm³/mol. The van der Waals surface area contributed by atoms with Crippen molar-refractivity contribution in [3.8, 4) is 0 Å². The zero-order valence-electron chi connectivity index (χ0n) is 11.8. The van der Waals surface area contributed by atoms with Crippen molar-refractivity contribution in [1.29, 1.82) is 0 Å². The highest BCUT2D eigenvalue weighted by atomic mass is 32.2. The number of aliphatic hydroxyl groups excluding tert-OH is 1. The molecule has 3 atom stereocenters. The first-order valence-electron chi connectivity index (χ1n) is 7.45. The summed E-state index contributed by atoms with van der Waals surface area (Å²) in [4.78, 5) is 13.7. The number of nitrogens with one attached hydrogen (secondary N) is 1. The smallest absolute Gasteiger partial charge is 0.317 e. The van der Waals surface area contributed by atoms with Gasteiger partial charge in [-0.25, -0.2) is 4.79 Å². The van der Waals surface area contributed by atoms with Gasteiger partial charge in [0.25, 0.3) is 0 Å². The minimum atomic E-state index is -0.227.